The Morgan fingerprint density at radius 3 is 2.71 bits per heavy atom. The first-order chi connectivity index (χ1) is 8.20. The molecule has 2 unspecified atom stereocenters. The molecule has 3 heteroatoms. The van der Waals surface area contributed by atoms with Crippen molar-refractivity contribution in [2.45, 2.75) is 27.2 Å². The van der Waals surface area contributed by atoms with Crippen LogP contribution in [0.2, 0.25) is 0 Å². The van der Waals surface area contributed by atoms with E-state index in [0.717, 1.165) is 30.6 Å². The number of anilines is 2. The maximum absolute atomic E-state index is 4.35. The van der Waals surface area contributed by atoms with Gasteiger partial charge in [0, 0.05) is 37.6 Å². The van der Waals surface area contributed by atoms with Gasteiger partial charge in [0.2, 0.25) is 0 Å². The Morgan fingerprint density at radius 2 is 2.06 bits per heavy atom. The molecule has 1 aromatic rings. The average molecular weight is 233 g/mol. The van der Waals surface area contributed by atoms with Gasteiger partial charge in [-0.3, -0.25) is 0 Å². The van der Waals surface area contributed by atoms with Crippen molar-refractivity contribution < 1.29 is 0 Å². The van der Waals surface area contributed by atoms with Gasteiger partial charge in [0.25, 0.3) is 0 Å². The monoisotopic (exact) mass is 233 g/mol. The fraction of sp³-hybridized carbons (Fsp3) is 0.643. The highest BCUT2D eigenvalue weighted by Gasteiger charge is 2.26. The molecule has 0 aromatic carbocycles. The van der Waals surface area contributed by atoms with Crippen LogP contribution in [-0.4, -0.2) is 24.6 Å². The van der Waals surface area contributed by atoms with Gasteiger partial charge in [0.15, 0.2) is 0 Å². The maximum Gasteiger partial charge on any atom is 0.127 e. The number of pyridine rings is 1. The summed E-state index contributed by atoms with van der Waals surface area (Å²) in [6.45, 7) is 10.2. The van der Waals surface area contributed by atoms with Crippen LogP contribution in [0.1, 0.15) is 27.2 Å². The van der Waals surface area contributed by atoms with Gasteiger partial charge in [-0.2, -0.15) is 0 Å². The standard InChI is InChI=1S/C14H23N3/c1-4-6-15-14-8-13(5-7-16-14)17-9-11(2)12(3)10-17/h5,7-8,11-12H,4,6,9-10H2,1-3H3,(H,15,16). The molecule has 94 valence electrons. The first-order valence-corrected chi connectivity index (χ1v) is 6.65. The van der Waals surface area contributed by atoms with Crippen LogP contribution in [0.25, 0.3) is 0 Å². The highest BCUT2D eigenvalue weighted by atomic mass is 15.2. The van der Waals surface area contributed by atoms with Crippen molar-refractivity contribution in [1.82, 2.24) is 4.98 Å². The third-order valence-corrected chi connectivity index (χ3v) is 3.65. The topological polar surface area (TPSA) is 28.2 Å². The van der Waals surface area contributed by atoms with E-state index in [-0.39, 0.29) is 0 Å². The first-order valence-electron chi connectivity index (χ1n) is 6.65. The quantitative estimate of drug-likeness (QED) is 0.866. The zero-order valence-electron chi connectivity index (χ0n) is 11.1. The number of rotatable bonds is 4. The van der Waals surface area contributed by atoms with Crippen molar-refractivity contribution in [3.63, 3.8) is 0 Å². The molecule has 3 nitrogen and oxygen atoms in total. The van der Waals surface area contributed by atoms with Crippen LogP contribution in [0.4, 0.5) is 11.5 Å². The highest BCUT2D eigenvalue weighted by Crippen LogP contribution is 2.28. The van der Waals surface area contributed by atoms with Gasteiger partial charge >= 0.3 is 0 Å². The summed E-state index contributed by atoms with van der Waals surface area (Å²) in [6, 6.07) is 4.28. The normalized spacial score (nSPS) is 24.1. The van der Waals surface area contributed by atoms with Crippen molar-refractivity contribution in [1.29, 1.82) is 0 Å². The van der Waals surface area contributed by atoms with Crippen LogP contribution >= 0.6 is 0 Å². The van der Waals surface area contributed by atoms with Crippen molar-refractivity contribution in [3.8, 4) is 0 Å². The molecule has 0 amide bonds. The lowest BCUT2D eigenvalue weighted by molar-refractivity contribution is 0.494. The molecule has 2 rings (SSSR count). The van der Waals surface area contributed by atoms with Crippen molar-refractivity contribution in [2.24, 2.45) is 11.8 Å². The predicted octanol–water partition coefficient (Wildman–Crippen LogP) is 3.00. The molecule has 0 spiro atoms. The summed E-state index contributed by atoms with van der Waals surface area (Å²) >= 11 is 0. The van der Waals surface area contributed by atoms with Gasteiger partial charge in [-0.25, -0.2) is 4.98 Å². The second kappa shape index (κ2) is 5.39. The first kappa shape index (κ1) is 12.2. The minimum absolute atomic E-state index is 0.787. The molecule has 1 N–H and O–H groups in total. The predicted molar refractivity (Wildman–Crippen MR) is 73.6 cm³/mol. The zero-order chi connectivity index (χ0) is 12.3. The van der Waals surface area contributed by atoms with Crippen LogP contribution < -0.4 is 10.2 Å². The Labute approximate surface area is 104 Å². The Kier molecular flexibility index (Phi) is 3.87. The largest absolute Gasteiger partial charge is 0.371 e. The Balaban J connectivity index is 2.06. The minimum Gasteiger partial charge on any atom is -0.371 e. The summed E-state index contributed by atoms with van der Waals surface area (Å²) < 4.78 is 0. The molecular formula is C14H23N3. The van der Waals surface area contributed by atoms with Crippen LogP contribution in [0, 0.1) is 11.8 Å². The third-order valence-electron chi connectivity index (χ3n) is 3.65. The summed E-state index contributed by atoms with van der Waals surface area (Å²) in [4.78, 5) is 6.81. The van der Waals surface area contributed by atoms with E-state index in [2.05, 4.69) is 48.1 Å². The van der Waals surface area contributed by atoms with E-state index in [1.54, 1.807) is 0 Å². The summed E-state index contributed by atoms with van der Waals surface area (Å²) in [6.07, 6.45) is 3.03. The minimum atomic E-state index is 0.787. The Morgan fingerprint density at radius 1 is 1.35 bits per heavy atom. The molecule has 1 saturated heterocycles. The summed E-state index contributed by atoms with van der Waals surface area (Å²) in [5, 5.41) is 3.34. The average Bonchev–Trinajstić information content (AvgIpc) is 2.68. The van der Waals surface area contributed by atoms with E-state index in [0.29, 0.717) is 0 Å². The molecule has 1 aromatic heterocycles. The Bertz CT molecular complexity index is 354. The highest BCUT2D eigenvalue weighted by molar-refractivity contribution is 5.54. The summed E-state index contributed by atoms with van der Waals surface area (Å²) in [7, 11) is 0. The molecule has 1 fully saturated rings. The molecule has 2 atom stereocenters. The van der Waals surface area contributed by atoms with Gasteiger partial charge in [-0.15, -0.1) is 0 Å². The molecule has 0 aliphatic carbocycles. The van der Waals surface area contributed by atoms with Gasteiger partial charge in [-0.1, -0.05) is 20.8 Å². The SMILES string of the molecule is CCCNc1cc(N2CC(C)C(C)C2)ccn1. The number of aromatic nitrogens is 1. The van der Waals surface area contributed by atoms with E-state index < -0.39 is 0 Å². The zero-order valence-corrected chi connectivity index (χ0v) is 11.1. The summed E-state index contributed by atoms with van der Waals surface area (Å²) in [5.74, 6) is 2.57. The summed E-state index contributed by atoms with van der Waals surface area (Å²) in [5.41, 5.74) is 1.30. The lowest BCUT2D eigenvalue weighted by Crippen LogP contribution is -2.19. The van der Waals surface area contributed by atoms with E-state index in [1.165, 1.54) is 18.8 Å². The van der Waals surface area contributed by atoms with Crippen molar-refractivity contribution in [3.05, 3.63) is 18.3 Å². The lowest BCUT2D eigenvalue weighted by Gasteiger charge is -2.19. The van der Waals surface area contributed by atoms with Gasteiger partial charge in [-0.05, 0) is 24.3 Å². The van der Waals surface area contributed by atoms with Gasteiger partial charge in [0.05, 0.1) is 0 Å². The maximum atomic E-state index is 4.35. The smallest absolute Gasteiger partial charge is 0.127 e. The second-order valence-electron chi connectivity index (χ2n) is 5.19. The fourth-order valence-corrected chi connectivity index (χ4v) is 2.31. The molecule has 0 radical (unpaired) electrons. The molecule has 1 aliphatic heterocycles. The number of nitrogens with zero attached hydrogens (tertiary/aromatic N) is 2. The van der Waals surface area contributed by atoms with E-state index in [4.69, 9.17) is 0 Å². The molecule has 1 aliphatic rings. The van der Waals surface area contributed by atoms with E-state index >= 15 is 0 Å². The Hall–Kier alpha value is -1.25. The van der Waals surface area contributed by atoms with E-state index in [9.17, 15) is 0 Å². The van der Waals surface area contributed by atoms with Gasteiger partial charge in [0.1, 0.15) is 5.82 Å². The van der Waals surface area contributed by atoms with Gasteiger partial charge < -0.3 is 10.2 Å². The lowest BCUT2D eigenvalue weighted by atomic mass is 10.0. The molecular weight excluding hydrogens is 210 g/mol. The van der Waals surface area contributed by atoms with Crippen molar-refractivity contribution in [2.75, 3.05) is 29.9 Å². The molecule has 2 heterocycles. The molecule has 0 bridgehead atoms. The van der Waals surface area contributed by atoms with Crippen LogP contribution in [0.5, 0.6) is 0 Å². The van der Waals surface area contributed by atoms with E-state index in [1.807, 2.05) is 6.20 Å². The number of hydrogen-bond donors (Lipinski definition) is 1. The van der Waals surface area contributed by atoms with Crippen molar-refractivity contribution >= 4 is 11.5 Å². The molecule has 0 saturated carbocycles. The number of hydrogen-bond acceptors (Lipinski definition) is 3. The van der Waals surface area contributed by atoms with Crippen LogP contribution in [0.3, 0.4) is 0 Å². The molecule has 17 heavy (non-hydrogen) atoms. The third kappa shape index (κ3) is 2.90. The van der Waals surface area contributed by atoms with Crippen LogP contribution in [0.15, 0.2) is 18.3 Å². The number of nitrogens with one attached hydrogen (secondary N) is 1. The van der Waals surface area contributed by atoms with Crippen LogP contribution in [-0.2, 0) is 0 Å². The fourth-order valence-electron chi connectivity index (χ4n) is 2.31. The second-order valence-corrected chi connectivity index (χ2v) is 5.19.